The number of nitrogens with zero attached hydrogens (tertiary/aromatic N) is 1. The number of nitrogens with one attached hydrogen (secondary N) is 1. The van der Waals surface area contributed by atoms with Gasteiger partial charge in [-0.15, -0.1) is 0 Å². The van der Waals surface area contributed by atoms with Crippen LogP contribution in [0.2, 0.25) is 0 Å². The van der Waals surface area contributed by atoms with Crippen LogP contribution in [-0.2, 0) is 27.9 Å². The lowest BCUT2D eigenvalue weighted by molar-refractivity contribution is -0.127. The maximum atomic E-state index is 13.0. The molecule has 1 N–H and O–H groups in total. The molecular weight excluding hydrogens is 408 g/mol. The molecule has 0 aliphatic carbocycles. The van der Waals surface area contributed by atoms with Gasteiger partial charge >= 0.3 is 0 Å². The van der Waals surface area contributed by atoms with Gasteiger partial charge in [0.25, 0.3) is 0 Å². The fourth-order valence-corrected chi connectivity index (χ4v) is 4.16. The van der Waals surface area contributed by atoms with Gasteiger partial charge in [0.2, 0.25) is 15.9 Å². The predicted octanol–water partition coefficient (Wildman–Crippen LogP) is 4.23. The minimum atomic E-state index is -3.49. The number of carbonyl (C=O) groups excluding carboxylic acids is 1. The molecule has 0 radical (unpaired) electrons. The third-order valence-electron chi connectivity index (χ3n) is 4.69. The molecule has 0 aromatic heterocycles. The Hall–Kier alpha value is -3.22. The maximum Gasteiger partial charge on any atom is 0.247 e. The highest BCUT2D eigenvalue weighted by atomic mass is 32.2. The van der Waals surface area contributed by atoms with Gasteiger partial charge in [-0.2, -0.15) is 0 Å². The van der Waals surface area contributed by atoms with Crippen LogP contribution in [0.25, 0.3) is 6.08 Å². The van der Waals surface area contributed by atoms with Crippen LogP contribution in [0.1, 0.15) is 23.6 Å². The largest absolute Gasteiger partial charge is 0.331 e. The van der Waals surface area contributed by atoms with Gasteiger partial charge in [-0.25, -0.2) is 13.1 Å². The molecule has 3 rings (SSSR count). The van der Waals surface area contributed by atoms with Crippen molar-refractivity contribution in [3.8, 4) is 0 Å². The monoisotopic (exact) mass is 434 g/mol. The summed E-state index contributed by atoms with van der Waals surface area (Å²) in [7, 11) is -3.49. The molecule has 0 saturated heterocycles. The first-order valence-corrected chi connectivity index (χ1v) is 11.6. The third kappa shape index (κ3) is 6.64. The summed E-state index contributed by atoms with van der Waals surface area (Å²) < 4.78 is 26.6. The predicted molar refractivity (Wildman–Crippen MR) is 123 cm³/mol. The lowest BCUT2D eigenvalue weighted by atomic mass is 10.1. The number of benzene rings is 3. The van der Waals surface area contributed by atoms with Crippen LogP contribution in [-0.4, -0.2) is 25.8 Å². The van der Waals surface area contributed by atoms with E-state index in [1.807, 2.05) is 60.7 Å². The van der Waals surface area contributed by atoms with Crippen molar-refractivity contribution in [2.75, 3.05) is 6.54 Å². The smallest absolute Gasteiger partial charge is 0.247 e. The van der Waals surface area contributed by atoms with Crippen molar-refractivity contribution in [2.24, 2.45) is 0 Å². The molecule has 31 heavy (non-hydrogen) atoms. The second-order valence-electron chi connectivity index (χ2n) is 7.07. The van der Waals surface area contributed by atoms with Crippen LogP contribution in [0.5, 0.6) is 0 Å². The van der Waals surface area contributed by atoms with E-state index in [0.29, 0.717) is 19.6 Å². The van der Waals surface area contributed by atoms with Crippen molar-refractivity contribution in [2.45, 2.75) is 24.9 Å². The summed E-state index contributed by atoms with van der Waals surface area (Å²) >= 11 is 0. The van der Waals surface area contributed by atoms with E-state index in [-0.39, 0.29) is 10.8 Å². The average molecular weight is 435 g/mol. The minimum absolute atomic E-state index is 0.114. The molecule has 3 aromatic rings. The SMILES string of the molecule is CCNS(=O)(=O)c1ccc(/C=C/C(=O)N(Cc2ccccc2)Cc2ccccc2)cc1. The molecule has 0 atom stereocenters. The summed E-state index contributed by atoms with van der Waals surface area (Å²) in [6, 6.07) is 26.2. The summed E-state index contributed by atoms with van der Waals surface area (Å²) in [5, 5.41) is 0. The second-order valence-corrected chi connectivity index (χ2v) is 8.84. The number of sulfonamides is 1. The van der Waals surface area contributed by atoms with Gasteiger partial charge in [-0.3, -0.25) is 4.79 Å². The van der Waals surface area contributed by atoms with Crippen LogP contribution in [0.4, 0.5) is 0 Å². The van der Waals surface area contributed by atoms with Crippen molar-refractivity contribution < 1.29 is 13.2 Å². The van der Waals surface area contributed by atoms with Gasteiger partial charge < -0.3 is 4.90 Å². The number of carbonyl (C=O) groups is 1. The number of hydrogen-bond acceptors (Lipinski definition) is 3. The Morgan fingerprint density at radius 1 is 0.839 bits per heavy atom. The average Bonchev–Trinajstić information content (AvgIpc) is 2.79. The molecule has 0 aliphatic rings. The molecule has 0 fully saturated rings. The molecule has 160 valence electrons. The Morgan fingerprint density at radius 2 is 1.35 bits per heavy atom. The summed E-state index contributed by atoms with van der Waals surface area (Å²) in [5.74, 6) is -0.114. The van der Waals surface area contributed by atoms with E-state index in [4.69, 9.17) is 0 Å². The zero-order chi connectivity index (χ0) is 22.1. The first-order chi connectivity index (χ1) is 15.0. The second kappa shape index (κ2) is 10.7. The quantitative estimate of drug-likeness (QED) is 0.513. The molecule has 0 saturated carbocycles. The fraction of sp³-hybridized carbons (Fsp3) is 0.160. The summed E-state index contributed by atoms with van der Waals surface area (Å²) in [5.41, 5.74) is 2.86. The van der Waals surface area contributed by atoms with Crippen LogP contribution >= 0.6 is 0 Å². The maximum absolute atomic E-state index is 13.0. The van der Waals surface area contributed by atoms with Gasteiger partial charge in [0.05, 0.1) is 4.90 Å². The van der Waals surface area contributed by atoms with E-state index in [1.165, 1.54) is 18.2 Å². The molecule has 6 heteroatoms. The van der Waals surface area contributed by atoms with E-state index in [1.54, 1.807) is 30.0 Å². The lowest BCUT2D eigenvalue weighted by Gasteiger charge is -2.21. The molecular formula is C25H26N2O3S. The number of amides is 1. The molecule has 0 aliphatic heterocycles. The van der Waals surface area contributed by atoms with Crippen molar-refractivity contribution in [1.29, 1.82) is 0 Å². The Balaban J connectivity index is 1.75. The topological polar surface area (TPSA) is 66.5 Å². The molecule has 3 aromatic carbocycles. The Bertz CT molecular complexity index is 1070. The van der Waals surface area contributed by atoms with E-state index < -0.39 is 10.0 Å². The van der Waals surface area contributed by atoms with Crippen LogP contribution in [0, 0.1) is 0 Å². The van der Waals surface area contributed by atoms with Crippen molar-refractivity contribution in [3.63, 3.8) is 0 Å². The fourth-order valence-electron chi connectivity index (χ4n) is 3.12. The zero-order valence-electron chi connectivity index (χ0n) is 17.4. The highest BCUT2D eigenvalue weighted by Gasteiger charge is 2.13. The summed E-state index contributed by atoms with van der Waals surface area (Å²) in [6.45, 7) is 3.06. The standard InChI is InChI=1S/C25H26N2O3S/c1-2-26-31(29,30)24-16-13-21(14-17-24)15-18-25(28)27(19-22-9-5-3-6-10-22)20-23-11-7-4-8-12-23/h3-18,26H,2,19-20H2,1H3/b18-15+. The van der Waals surface area contributed by atoms with Crippen molar-refractivity contribution >= 4 is 22.0 Å². The van der Waals surface area contributed by atoms with Crippen LogP contribution < -0.4 is 4.72 Å². The number of rotatable bonds is 9. The van der Waals surface area contributed by atoms with Gasteiger partial charge in [0.15, 0.2) is 0 Å². The summed E-state index contributed by atoms with van der Waals surface area (Å²) in [4.78, 5) is 15.0. The summed E-state index contributed by atoms with van der Waals surface area (Å²) in [6.07, 6.45) is 3.23. The third-order valence-corrected chi connectivity index (χ3v) is 6.25. The normalized spacial score (nSPS) is 11.5. The molecule has 0 spiro atoms. The zero-order valence-corrected chi connectivity index (χ0v) is 18.3. The first-order valence-electron chi connectivity index (χ1n) is 10.1. The minimum Gasteiger partial charge on any atom is -0.331 e. The molecule has 5 nitrogen and oxygen atoms in total. The van der Waals surface area contributed by atoms with E-state index in [2.05, 4.69) is 4.72 Å². The van der Waals surface area contributed by atoms with Crippen molar-refractivity contribution in [1.82, 2.24) is 9.62 Å². The Kier molecular flexibility index (Phi) is 7.76. The van der Waals surface area contributed by atoms with Crippen LogP contribution in [0.3, 0.4) is 0 Å². The Morgan fingerprint density at radius 3 is 1.84 bits per heavy atom. The van der Waals surface area contributed by atoms with Gasteiger partial charge in [-0.1, -0.05) is 79.7 Å². The lowest BCUT2D eigenvalue weighted by Crippen LogP contribution is -2.28. The highest BCUT2D eigenvalue weighted by Crippen LogP contribution is 2.14. The molecule has 0 unspecified atom stereocenters. The van der Waals surface area contributed by atoms with Crippen molar-refractivity contribution in [3.05, 3.63) is 108 Å². The number of hydrogen-bond donors (Lipinski definition) is 1. The van der Waals surface area contributed by atoms with E-state index in [0.717, 1.165) is 16.7 Å². The van der Waals surface area contributed by atoms with E-state index in [9.17, 15) is 13.2 Å². The molecule has 0 heterocycles. The van der Waals surface area contributed by atoms with Gasteiger partial charge in [0, 0.05) is 25.7 Å². The highest BCUT2D eigenvalue weighted by molar-refractivity contribution is 7.89. The molecule has 0 bridgehead atoms. The first kappa shape index (κ1) is 22.5. The molecule has 1 amide bonds. The van der Waals surface area contributed by atoms with E-state index >= 15 is 0 Å². The van der Waals surface area contributed by atoms with Gasteiger partial charge in [-0.05, 0) is 34.9 Å². The van der Waals surface area contributed by atoms with Gasteiger partial charge in [0.1, 0.15) is 0 Å². The van der Waals surface area contributed by atoms with Crippen LogP contribution in [0.15, 0.2) is 95.9 Å². The Labute approximate surface area is 184 Å².